The van der Waals surface area contributed by atoms with Crippen LogP contribution in [0.1, 0.15) is 41.6 Å². The maximum Gasteiger partial charge on any atom is 0.251 e. The Bertz CT molecular complexity index is 674. The first kappa shape index (κ1) is 17.8. The molecule has 0 aromatic heterocycles. The van der Waals surface area contributed by atoms with Crippen molar-refractivity contribution in [3.05, 3.63) is 64.7 Å². The quantitative estimate of drug-likeness (QED) is 0.842. The monoisotopic (exact) mass is 356 g/mol. The van der Waals surface area contributed by atoms with Crippen LogP contribution in [0.5, 0.6) is 0 Å². The average molecular weight is 357 g/mol. The molecule has 1 aliphatic rings. The summed E-state index contributed by atoms with van der Waals surface area (Å²) in [7, 11) is 0. The van der Waals surface area contributed by atoms with Gasteiger partial charge in [0.1, 0.15) is 0 Å². The zero-order chi connectivity index (χ0) is 17.5. The van der Waals surface area contributed by atoms with Crippen LogP contribution in [-0.2, 0) is 6.42 Å². The van der Waals surface area contributed by atoms with Crippen molar-refractivity contribution in [3.8, 4) is 0 Å². The Balaban J connectivity index is 1.48. The molecule has 3 rings (SSSR count). The van der Waals surface area contributed by atoms with Gasteiger partial charge in [-0.15, -0.1) is 0 Å². The summed E-state index contributed by atoms with van der Waals surface area (Å²) in [5, 5.41) is 3.60. The molecule has 0 bridgehead atoms. The lowest BCUT2D eigenvalue weighted by atomic mass is 10.1. The highest BCUT2D eigenvalue weighted by Crippen LogP contribution is 2.20. The maximum atomic E-state index is 12.1. The van der Waals surface area contributed by atoms with Gasteiger partial charge in [-0.05, 0) is 61.2 Å². The summed E-state index contributed by atoms with van der Waals surface area (Å²) >= 11 is 5.84. The number of hydrogen-bond acceptors (Lipinski definition) is 2. The molecule has 2 aromatic rings. The Morgan fingerprint density at radius 3 is 2.20 bits per heavy atom. The van der Waals surface area contributed by atoms with E-state index in [1.54, 1.807) is 24.3 Å². The van der Waals surface area contributed by atoms with Crippen LogP contribution in [0.15, 0.2) is 48.5 Å². The van der Waals surface area contributed by atoms with E-state index >= 15 is 0 Å². The van der Waals surface area contributed by atoms with Gasteiger partial charge in [-0.2, -0.15) is 0 Å². The van der Waals surface area contributed by atoms with Crippen LogP contribution in [0, 0.1) is 0 Å². The lowest BCUT2D eigenvalue weighted by Gasteiger charge is -2.22. The number of rotatable bonds is 5. The van der Waals surface area contributed by atoms with Crippen LogP contribution in [-0.4, -0.2) is 25.5 Å². The smallest absolute Gasteiger partial charge is 0.251 e. The first-order valence-electron chi connectivity index (χ1n) is 9.10. The predicted molar refractivity (Wildman–Crippen MR) is 105 cm³/mol. The summed E-state index contributed by atoms with van der Waals surface area (Å²) in [5.74, 6) is -0.0575. The van der Waals surface area contributed by atoms with Gasteiger partial charge in [-0.3, -0.25) is 4.79 Å². The van der Waals surface area contributed by atoms with Crippen LogP contribution >= 0.6 is 11.6 Å². The van der Waals surface area contributed by atoms with E-state index in [1.165, 1.54) is 36.9 Å². The van der Waals surface area contributed by atoms with E-state index in [1.807, 2.05) is 0 Å². The topological polar surface area (TPSA) is 32.3 Å². The minimum absolute atomic E-state index is 0.0575. The number of anilines is 1. The molecule has 1 amide bonds. The van der Waals surface area contributed by atoms with Crippen LogP contribution in [0.2, 0.25) is 5.02 Å². The zero-order valence-corrected chi connectivity index (χ0v) is 15.3. The molecule has 132 valence electrons. The molecule has 0 aliphatic carbocycles. The van der Waals surface area contributed by atoms with Crippen molar-refractivity contribution in [2.75, 3.05) is 24.5 Å². The van der Waals surface area contributed by atoms with Crippen LogP contribution in [0.4, 0.5) is 5.69 Å². The Kier molecular flexibility index (Phi) is 6.35. The number of nitrogens with one attached hydrogen (secondary N) is 1. The lowest BCUT2D eigenvalue weighted by molar-refractivity contribution is 0.0954. The summed E-state index contributed by atoms with van der Waals surface area (Å²) in [6.07, 6.45) is 6.11. The molecule has 1 heterocycles. The largest absolute Gasteiger partial charge is 0.372 e. The van der Waals surface area contributed by atoms with Gasteiger partial charge >= 0.3 is 0 Å². The zero-order valence-electron chi connectivity index (χ0n) is 14.5. The third kappa shape index (κ3) is 5.23. The molecule has 0 unspecified atom stereocenters. The number of nitrogens with zero attached hydrogens (tertiary/aromatic N) is 1. The van der Waals surface area contributed by atoms with Crippen molar-refractivity contribution >= 4 is 23.2 Å². The van der Waals surface area contributed by atoms with E-state index in [0.29, 0.717) is 17.1 Å². The summed E-state index contributed by atoms with van der Waals surface area (Å²) < 4.78 is 0. The molecule has 4 heteroatoms. The van der Waals surface area contributed by atoms with Crippen LogP contribution < -0.4 is 10.2 Å². The minimum atomic E-state index is -0.0575. The fourth-order valence-electron chi connectivity index (χ4n) is 3.23. The Labute approximate surface area is 155 Å². The van der Waals surface area contributed by atoms with Crippen molar-refractivity contribution in [2.24, 2.45) is 0 Å². The van der Waals surface area contributed by atoms with Gasteiger partial charge in [0.15, 0.2) is 0 Å². The first-order valence-corrected chi connectivity index (χ1v) is 9.48. The highest BCUT2D eigenvalue weighted by molar-refractivity contribution is 6.30. The molecule has 2 aromatic carbocycles. The second-order valence-corrected chi connectivity index (χ2v) is 7.02. The van der Waals surface area contributed by atoms with Crippen molar-refractivity contribution in [3.63, 3.8) is 0 Å². The molecule has 1 fully saturated rings. The predicted octanol–water partition coefficient (Wildman–Crippen LogP) is 4.69. The molecule has 3 nitrogen and oxygen atoms in total. The summed E-state index contributed by atoms with van der Waals surface area (Å²) in [5.41, 5.74) is 3.20. The SMILES string of the molecule is O=C(NCCc1ccc(N2CCCCCC2)cc1)c1ccc(Cl)cc1. The maximum absolute atomic E-state index is 12.1. The molecule has 0 atom stereocenters. The van der Waals surface area contributed by atoms with E-state index in [-0.39, 0.29) is 5.91 Å². The van der Waals surface area contributed by atoms with Gasteiger partial charge < -0.3 is 10.2 Å². The fraction of sp³-hybridized carbons (Fsp3) is 0.381. The third-order valence-corrected chi connectivity index (χ3v) is 4.97. The number of carbonyl (C=O) groups is 1. The molecule has 0 saturated carbocycles. The molecule has 0 radical (unpaired) electrons. The van der Waals surface area contributed by atoms with Gasteiger partial charge in [-0.25, -0.2) is 0 Å². The Morgan fingerprint density at radius 1 is 0.920 bits per heavy atom. The van der Waals surface area contributed by atoms with Gasteiger partial charge in [0.05, 0.1) is 0 Å². The molecule has 1 aliphatic heterocycles. The normalized spacial score (nSPS) is 14.8. The van der Waals surface area contributed by atoms with Crippen molar-refractivity contribution in [2.45, 2.75) is 32.1 Å². The van der Waals surface area contributed by atoms with Gasteiger partial charge in [0, 0.05) is 35.9 Å². The highest BCUT2D eigenvalue weighted by Gasteiger charge is 2.09. The van der Waals surface area contributed by atoms with E-state index in [2.05, 4.69) is 34.5 Å². The van der Waals surface area contributed by atoms with Gasteiger partial charge in [0.2, 0.25) is 0 Å². The lowest BCUT2D eigenvalue weighted by Crippen LogP contribution is -2.25. The first-order chi connectivity index (χ1) is 12.2. The number of carbonyl (C=O) groups excluding carboxylic acids is 1. The van der Waals surface area contributed by atoms with Gasteiger partial charge in [0.25, 0.3) is 5.91 Å². The minimum Gasteiger partial charge on any atom is -0.372 e. The Morgan fingerprint density at radius 2 is 1.56 bits per heavy atom. The second kappa shape index (κ2) is 8.91. The number of amides is 1. The molecular formula is C21H25ClN2O. The molecule has 0 spiro atoms. The molecular weight excluding hydrogens is 332 g/mol. The van der Waals surface area contributed by atoms with Crippen molar-refractivity contribution in [1.82, 2.24) is 5.32 Å². The van der Waals surface area contributed by atoms with Crippen molar-refractivity contribution < 1.29 is 4.79 Å². The standard InChI is InChI=1S/C21H25ClN2O/c22-19-9-7-18(8-10-19)21(25)23-14-13-17-5-11-20(12-6-17)24-15-3-1-2-4-16-24/h5-12H,1-4,13-16H2,(H,23,25). The number of halogens is 1. The van der Waals surface area contributed by atoms with E-state index in [9.17, 15) is 4.79 Å². The van der Waals surface area contributed by atoms with Crippen LogP contribution in [0.25, 0.3) is 0 Å². The van der Waals surface area contributed by atoms with E-state index < -0.39 is 0 Å². The summed E-state index contributed by atoms with van der Waals surface area (Å²) in [6.45, 7) is 2.96. The van der Waals surface area contributed by atoms with E-state index in [0.717, 1.165) is 19.5 Å². The Hall–Kier alpha value is -2.00. The average Bonchev–Trinajstić information content (AvgIpc) is 2.92. The molecule has 25 heavy (non-hydrogen) atoms. The van der Waals surface area contributed by atoms with Crippen LogP contribution in [0.3, 0.4) is 0 Å². The third-order valence-electron chi connectivity index (χ3n) is 4.71. The highest BCUT2D eigenvalue weighted by atomic mass is 35.5. The van der Waals surface area contributed by atoms with E-state index in [4.69, 9.17) is 11.6 Å². The summed E-state index contributed by atoms with van der Waals surface area (Å²) in [4.78, 5) is 14.6. The fourth-order valence-corrected chi connectivity index (χ4v) is 3.35. The van der Waals surface area contributed by atoms with Crippen molar-refractivity contribution in [1.29, 1.82) is 0 Å². The van der Waals surface area contributed by atoms with Gasteiger partial charge in [-0.1, -0.05) is 36.6 Å². The molecule has 1 N–H and O–H groups in total. The molecule has 1 saturated heterocycles. The number of benzene rings is 2. The second-order valence-electron chi connectivity index (χ2n) is 6.58. The number of hydrogen-bond donors (Lipinski definition) is 1. The summed E-state index contributed by atoms with van der Waals surface area (Å²) in [6, 6.07) is 15.7.